The standard InChI is InChI=1S/C23H29ClN2O3S2/c1-16-8-11-21(17(2)14-16)26-31(28,29)22-15-18(9-10-20(22)24)23(27)25-12-13-30-19-6-4-3-5-7-19/h8-11,14-15,19,26H,3-7,12-13H2,1-2H3,(H,25,27). The molecule has 8 heteroatoms. The highest BCUT2D eigenvalue weighted by atomic mass is 35.5. The van der Waals surface area contributed by atoms with E-state index >= 15 is 0 Å². The molecule has 0 spiro atoms. The Morgan fingerprint density at radius 1 is 1.10 bits per heavy atom. The number of amides is 1. The molecule has 1 saturated carbocycles. The van der Waals surface area contributed by atoms with E-state index in [0.717, 1.165) is 16.9 Å². The molecule has 1 aliphatic carbocycles. The van der Waals surface area contributed by atoms with Gasteiger partial charge in [0.05, 0.1) is 10.7 Å². The number of anilines is 1. The molecular weight excluding hydrogens is 452 g/mol. The minimum absolute atomic E-state index is 0.0710. The van der Waals surface area contributed by atoms with Gasteiger partial charge in [-0.25, -0.2) is 8.42 Å². The Morgan fingerprint density at radius 3 is 2.55 bits per heavy atom. The summed E-state index contributed by atoms with van der Waals surface area (Å²) in [6.07, 6.45) is 6.42. The highest BCUT2D eigenvalue weighted by Crippen LogP contribution is 2.28. The van der Waals surface area contributed by atoms with E-state index in [9.17, 15) is 13.2 Å². The Balaban J connectivity index is 1.65. The van der Waals surface area contributed by atoms with Crippen molar-refractivity contribution in [1.29, 1.82) is 0 Å². The average Bonchev–Trinajstić information content (AvgIpc) is 2.74. The summed E-state index contributed by atoms with van der Waals surface area (Å²) < 4.78 is 28.5. The molecule has 0 unspecified atom stereocenters. The van der Waals surface area contributed by atoms with Crippen LogP contribution < -0.4 is 10.0 Å². The first-order valence-corrected chi connectivity index (χ1v) is 13.5. The van der Waals surface area contributed by atoms with E-state index in [1.807, 2.05) is 37.7 Å². The van der Waals surface area contributed by atoms with E-state index < -0.39 is 10.0 Å². The van der Waals surface area contributed by atoms with Crippen molar-refractivity contribution >= 4 is 45.0 Å². The van der Waals surface area contributed by atoms with Crippen molar-refractivity contribution in [3.05, 3.63) is 58.1 Å². The largest absolute Gasteiger partial charge is 0.351 e. The van der Waals surface area contributed by atoms with Crippen molar-refractivity contribution in [3.63, 3.8) is 0 Å². The van der Waals surface area contributed by atoms with Crippen LogP contribution in [0.5, 0.6) is 0 Å². The Hall–Kier alpha value is -1.70. The molecule has 2 N–H and O–H groups in total. The molecule has 31 heavy (non-hydrogen) atoms. The van der Waals surface area contributed by atoms with E-state index in [4.69, 9.17) is 11.6 Å². The van der Waals surface area contributed by atoms with Crippen LogP contribution in [-0.4, -0.2) is 31.9 Å². The molecule has 3 rings (SSSR count). The predicted molar refractivity (Wildman–Crippen MR) is 130 cm³/mol. The van der Waals surface area contributed by atoms with Gasteiger partial charge >= 0.3 is 0 Å². The summed E-state index contributed by atoms with van der Waals surface area (Å²) in [7, 11) is -3.94. The predicted octanol–water partition coefficient (Wildman–Crippen LogP) is 5.55. The number of rotatable bonds is 8. The summed E-state index contributed by atoms with van der Waals surface area (Å²) in [5.74, 6) is 0.549. The Bertz CT molecular complexity index is 1040. The van der Waals surface area contributed by atoms with Gasteiger partial charge in [-0.15, -0.1) is 0 Å². The van der Waals surface area contributed by atoms with Gasteiger partial charge in [0, 0.05) is 23.1 Å². The highest BCUT2D eigenvalue weighted by Gasteiger charge is 2.21. The van der Waals surface area contributed by atoms with Gasteiger partial charge in [0.1, 0.15) is 4.90 Å². The Morgan fingerprint density at radius 2 is 1.84 bits per heavy atom. The topological polar surface area (TPSA) is 75.3 Å². The minimum Gasteiger partial charge on any atom is -0.351 e. The van der Waals surface area contributed by atoms with E-state index in [-0.39, 0.29) is 21.4 Å². The fourth-order valence-corrected chi connectivity index (χ4v) is 6.58. The Kier molecular flexibility index (Phi) is 8.30. The third-order valence-electron chi connectivity index (χ3n) is 5.40. The molecule has 0 aromatic heterocycles. The molecule has 0 bridgehead atoms. The number of aryl methyl sites for hydroxylation is 2. The summed E-state index contributed by atoms with van der Waals surface area (Å²) in [4.78, 5) is 12.4. The molecule has 5 nitrogen and oxygen atoms in total. The minimum atomic E-state index is -3.94. The third-order valence-corrected chi connectivity index (χ3v) is 8.63. The second-order valence-electron chi connectivity index (χ2n) is 7.96. The van der Waals surface area contributed by atoms with Gasteiger partial charge in [0.25, 0.3) is 15.9 Å². The molecule has 2 aromatic carbocycles. The molecule has 1 amide bonds. The van der Waals surface area contributed by atoms with Crippen LogP contribution in [0.25, 0.3) is 0 Å². The monoisotopic (exact) mass is 480 g/mol. The fourth-order valence-electron chi connectivity index (χ4n) is 3.70. The number of carbonyl (C=O) groups is 1. The quantitative estimate of drug-likeness (QED) is 0.485. The number of carbonyl (C=O) groups excluding carboxylic acids is 1. The maximum Gasteiger partial charge on any atom is 0.263 e. The number of nitrogens with one attached hydrogen (secondary N) is 2. The SMILES string of the molecule is Cc1ccc(NS(=O)(=O)c2cc(C(=O)NCCSC3CCCCC3)ccc2Cl)c(C)c1. The van der Waals surface area contributed by atoms with E-state index in [1.54, 1.807) is 12.1 Å². The molecule has 0 radical (unpaired) electrons. The summed E-state index contributed by atoms with van der Waals surface area (Å²) in [6.45, 7) is 4.32. The molecule has 168 valence electrons. The van der Waals surface area contributed by atoms with Crippen LogP contribution >= 0.6 is 23.4 Å². The second-order valence-corrected chi connectivity index (χ2v) is 11.4. The summed E-state index contributed by atoms with van der Waals surface area (Å²) in [5, 5.41) is 3.64. The van der Waals surface area contributed by atoms with Crippen molar-refractivity contribution in [2.75, 3.05) is 17.0 Å². The van der Waals surface area contributed by atoms with Crippen LogP contribution in [0.4, 0.5) is 5.69 Å². The van der Waals surface area contributed by atoms with Gasteiger partial charge < -0.3 is 5.32 Å². The second kappa shape index (κ2) is 10.7. The van der Waals surface area contributed by atoms with Crippen LogP contribution in [0.15, 0.2) is 41.3 Å². The highest BCUT2D eigenvalue weighted by molar-refractivity contribution is 7.99. The van der Waals surface area contributed by atoms with E-state index in [2.05, 4.69) is 10.0 Å². The van der Waals surface area contributed by atoms with Crippen molar-refractivity contribution in [3.8, 4) is 0 Å². The normalized spacial score (nSPS) is 14.9. The van der Waals surface area contributed by atoms with Crippen LogP contribution in [0.2, 0.25) is 5.02 Å². The van der Waals surface area contributed by atoms with Gasteiger partial charge in [-0.3, -0.25) is 9.52 Å². The maximum absolute atomic E-state index is 12.9. The molecule has 1 aliphatic rings. The summed E-state index contributed by atoms with van der Waals surface area (Å²) in [5.41, 5.74) is 2.60. The number of hydrogen-bond donors (Lipinski definition) is 2. The smallest absolute Gasteiger partial charge is 0.263 e. The van der Waals surface area contributed by atoms with Gasteiger partial charge in [-0.2, -0.15) is 11.8 Å². The molecular formula is C23H29ClN2O3S2. The van der Waals surface area contributed by atoms with Gasteiger partial charge in [-0.05, 0) is 56.5 Å². The zero-order chi connectivity index (χ0) is 22.4. The fraction of sp³-hybridized carbons (Fsp3) is 0.435. The number of halogens is 1. The number of benzene rings is 2. The van der Waals surface area contributed by atoms with Crippen molar-refractivity contribution in [2.24, 2.45) is 0 Å². The van der Waals surface area contributed by atoms with Gasteiger partial charge in [0.2, 0.25) is 0 Å². The number of sulfonamides is 1. The number of hydrogen-bond acceptors (Lipinski definition) is 4. The van der Waals surface area contributed by atoms with Gasteiger partial charge in [-0.1, -0.05) is 48.6 Å². The zero-order valence-corrected chi connectivity index (χ0v) is 20.3. The molecule has 0 aliphatic heterocycles. The molecule has 0 atom stereocenters. The van der Waals surface area contributed by atoms with Crippen molar-refractivity contribution < 1.29 is 13.2 Å². The third kappa shape index (κ3) is 6.64. The number of thioether (sulfide) groups is 1. The lowest BCUT2D eigenvalue weighted by molar-refractivity contribution is 0.0956. The summed E-state index contributed by atoms with van der Waals surface area (Å²) in [6, 6.07) is 9.77. The molecule has 1 fully saturated rings. The molecule has 0 saturated heterocycles. The first-order chi connectivity index (χ1) is 14.8. The zero-order valence-electron chi connectivity index (χ0n) is 17.9. The molecule has 2 aromatic rings. The lowest BCUT2D eigenvalue weighted by Gasteiger charge is -2.20. The lowest BCUT2D eigenvalue weighted by atomic mass is 10.0. The summed E-state index contributed by atoms with van der Waals surface area (Å²) >= 11 is 8.08. The maximum atomic E-state index is 12.9. The first-order valence-electron chi connectivity index (χ1n) is 10.6. The van der Waals surface area contributed by atoms with Crippen LogP contribution in [0, 0.1) is 13.8 Å². The lowest BCUT2D eigenvalue weighted by Crippen LogP contribution is -2.27. The van der Waals surface area contributed by atoms with Crippen LogP contribution in [-0.2, 0) is 10.0 Å². The average molecular weight is 481 g/mol. The van der Waals surface area contributed by atoms with Crippen LogP contribution in [0.1, 0.15) is 53.6 Å². The van der Waals surface area contributed by atoms with Crippen molar-refractivity contribution in [1.82, 2.24) is 5.32 Å². The molecule has 0 heterocycles. The first kappa shape index (κ1) is 24.0. The van der Waals surface area contributed by atoms with Crippen LogP contribution in [0.3, 0.4) is 0 Å². The van der Waals surface area contributed by atoms with Crippen molar-refractivity contribution in [2.45, 2.75) is 56.1 Å². The van der Waals surface area contributed by atoms with E-state index in [1.165, 1.54) is 44.2 Å². The Labute approximate surface area is 194 Å². The van der Waals surface area contributed by atoms with Gasteiger partial charge in [0.15, 0.2) is 0 Å². The van der Waals surface area contributed by atoms with E-state index in [0.29, 0.717) is 17.5 Å².